The first-order valence-electron chi connectivity index (χ1n) is 8.46. The molecule has 0 saturated heterocycles. The van der Waals surface area contributed by atoms with Crippen LogP contribution in [0, 0.1) is 12.8 Å². The van der Waals surface area contributed by atoms with Crippen molar-refractivity contribution in [1.29, 1.82) is 0 Å². The number of benzene rings is 1. The van der Waals surface area contributed by atoms with Gasteiger partial charge in [0.2, 0.25) is 0 Å². The van der Waals surface area contributed by atoms with E-state index < -0.39 is 0 Å². The molecule has 25 heavy (non-hydrogen) atoms. The minimum atomic E-state index is -0.206. The van der Waals surface area contributed by atoms with Crippen molar-refractivity contribution in [3.8, 4) is 0 Å². The van der Waals surface area contributed by atoms with E-state index in [-0.39, 0.29) is 23.8 Å². The van der Waals surface area contributed by atoms with Gasteiger partial charge >= 0.3 is 0 Å². The van der Waals surface area contributed by atoms with Crippen molar-refractivity contribution in [1.82, 2.24) is 24.9 Å². The highest BCUT2D eigenvalue weighted by atomic mass is 32.1. The number of carbonyl (C=O) groups is 1. The van der Waals surface area contributed by atoms with Gasteiger partial charge in [0.05, 0.1) is 22.8 Å². The zero-order valence-electron chi connectivity index (χ0n) is 15.1. The number of carbonyl (C=O) groups excluding carboxylic acids is 1. The Balaban J connectivity index is 1.90. The lowest BCUT2D eigenvalue weighted by molar-refractivity contribution is 0.0926. The van der Waals surface area contributed by atoms with E-state index >= 15 is 0 Å². The van der Waals surface area contributed by atoms with Gasteiger partial charge in [-0.05, 0) is 48.0 Å². The summed E-state index contributed by atoms with van der Waals surface area (Å²) in [4.78, 5) is 21.4. The standard InChI is InChI=1S/C18H23N5OS/c1-9(2)14-16(25-23-22-14)18(24)21-15(10(3)4)17-19-12-7-6-11(5)8-13(12)20-17/h6-10,15H,1-5H3,(H,19,20)(H,21,24)/t15-/m0/s1. The Hall–Kier alpha value is -2.28. The average molecular weight is 357 g/mol. The van der Waals surface area contributed by atoms with Crippen LogP contribution in [0.25, 0.3) is 11.0 Å². The van der Waals surface area contributed by atoms with E-state index in [0.717, 1.165) is 34.1 Å². The van der Waals surface area contributed by atoms with Crippen LogP contribution >= 0.6 is 11.5 Å². The molecule has 132 valence electrons. The van der Waals surface area contributed by atoms with Gasteiger partial charge in [-0.3, -0.25) is 4.79 Å². The normalized spacial score (nSPS) is 12.9. The monoisotopic (exact) mass is 357 g/mol. The van der Waals surface area contributed by atoms with Gasteiger partial charge in [0, 0.05) is 0 Å². The van der Waals surface area contributed by atoms with Crippen molar-refractivity contribution in [2.45, 2.75) is 46.6 Å². The van der Waals surface area contributed by atoms with E-state index in [0.29, 0.717) is 4.88 Å². The van der Waals surface area contributed by atoms with E-state index in [1.807, 2.05) is 32.9 Å². The molecule has 2 aromatic heterocycles. The van der Waals surface area contributed by atoms with Crippen molar-refractivity contribution < 1.29 is 4.79 Å². The van der Waals surface area contributed by atoms with E-state index in [1.54, 1.807) is 0 Å². The summed E-state index contributed by atoms with van der Waals surface area (Å²) >= 11 is 1.14. The SMILES string of the molecule is Cc1ccc2nc([C@@H](NC(=O)c3snnc3C(C)C)C(C)C)[nH]c2c1. The smallest absolute Gasteiger partial charge is 0.265 e. The molecular formula is C18H23N5OS. The first-order chi connectivity index (χ1) is 11.9. The first kappa shape index (κ1) is 17.5. The molecule has 0 aliphatic rings. The van der Waals surface area contributed by atoms with E-state index in [2.05, 4.69) is 44.8 Å². The number of aryl methyl sites for hydroxylation is 1. The quantitative estimate of drug-likeness (QED) is 0.723. The second-order valence-electron chi connectivity index (χ2n) is 6.98. The van der Waals surface area contributed by atoms with Gasteiger partial charge < -0.3 is 10.3 Å². The summed E-state index contributed by atoms with van der Waals surface area (Å²) in [6.45, 7) is 10.2. The fraction of sp³-hybridized carbons (Fsp3) is 0.444. The molecule has 0 aliphatic heterocycles. The molecule has 3 aromatic rings. The van der Waals surface area contributed by atoms with Crippen LogP contribution in [-0.4, -0.2) is 25.5 Å². The Morgan fingerprint density at radius 1 is 1.24 bits per heavy atom. The number of hydrogen-bond donors (Lipinski definition) is 2. The van der Waals surface area contributed by atoms with Gasteiger partial charge in [0.25, 0.3) is 5.91 Å². The van der Waals surface area contributed by atoms with Gasteiger partial charge in [-0.2, -0.15) is 0 Å². The molecule has 0 spiro atoms. The highest BCUT2D eigenvalue weighted by molar-refractivity contribution is 7.08. The molecule has 7 heteroatoms. The number of H-pyrrole nitrogens is 1. The van der Waals surface area contributed by atoms with Crippen LogP contribution in [0.15, 0.2) is 18.2 Å². The number of fused-ring (bicyclic) bond motifs is 1. The van der Waals surface area contributed by atoms with Gasteiger partial charge in [-0.25, -0.2) is 4.98 Å². The molecule has 1 aromatic carbocycles. The maximum absolute atomic E-state index is 12.8. The van der Waals surface area contributed by atoms with Crippen LogP contribution in [0.2, 0.25) is 0 Å². The number of rotatable bonds is 5. The lowest BCUT2D eigenvalue weighted by Gasteiger charge is -2.20. The summed E-state index contributed by atoms with van der Waals surface area (Å²) in [6, 6.07) is 5.89. The summed E-state index contributed by atoms with van der Waals surface area (Å²) < 4.78 is 3.94. The third-order valence-electron chi connectivity index (χ3n) is 4.17. The largest absolute Gasteiger partial charge is 0.341 e. The summed E-state index contributed by atoms with van der Waals surface area (Å²) in [5.41, 5.74) is 3.80. The van der Waals surface area contributed by atoms with Crippen LogP contribution in [-0.2, 0) is 0 Å². The molecule has 3 rings (SSSR count). The van der Waals surface area contributed by atoms with Crippen LogP contribution in [0.1, 0.15) is 66.4 Å². The Labute approximate surface area is 151 Å². The second-order valence-corrected chi connectivity index (χ2v) is 7.73. The first-order valence-corrected chi connectivity index (χ1v) is 9.23. The van der Waals surface area contributed by atoms with Crippen molar-refractivity contribution in [3.63, 3.8) is 0 Å². The Bertz CT molecular complexity index is 896. The second kappa shape index (κ2) is 6.92. The van der Waals surface area contributed by atoms with E-state index in [1.165, 1.54) is 5.56 Å². The van der Waals surface area contributed by atoms with Crippen LogP contribution in [0.5, 0.6) is 0 Å². The topological polar surface area (TPSA) is 83.6 Å². The molecular weight excluding hydrogens is 334 g/mol. The lowest BCUT2D eigenvalue weighted by Crippen LogP contribution is -2.32. The average Bonchev–Trinajstić information content (AvgIpc) is 3.18. The predicted molar refractivity (Wildman–Crippen MR) is 99.9 cm³/mol. The minimum absolute atomic E-state index is 0.144. The highest BCUT2D eigenvalue weighted by Gasteiger charge is 2.26. The summed E-state index contributed by atoms with van der Waals surface area (Å²) in [7, 11) is 0. The fourth-order valence-corrected chi connectivity index (χ4v) is 3.50. The zero-order chi connectivity index (χ0) is 18.1. The summed E-state index contributed by atoms with van der Waals surface area (Å²) in [5, 5.41) is 7.19. The number of nitrogens with zero attached hydrogens (tertiary/aromatic N) is 3. The Morgan fingerprint density at radius 2 is 2.00 bits per heavy atom. The highest BCUT2D eigenvalue weighted by Crippen LogP contribution is 2.25. The third-order valence-corrected chi connectivity index (χ3v) is 4.91. The summed E-state index contributed by atoms with van der Waals surface area (Å²) in [5.74, 6) is 0.974. The summed E-state index contributed by atoms with van der Waals surface area (Å²) in [6.07, 6.45) is 0. The van der Waals surface area contributed by atoms with Gasteiger partial charge in [-0.1, -0.05) is 38.2 Å². The molecule has 0 radical (unpaired) electrons. The van der Waals surface area contributed by atoms with Gasteiger partial charge in [-0.15, -0.1) is 5.10 Å². The molecule has 1 atom stereocenters. The molecule has 2 N–H and O–H groups in total. The Morgan fingerprint density at radius 3 is 2.68 bits per heavy atom. The minimum Gasteiger partial charge on any atom is -0.341 e. The van der Waals surface area contributed by atoms with Crippen molar-refractivity contribution in [3.05, 3.63) is 40.2 Å². The van der Waals surface area contributed by atoms with Crippen molar-refractivity contribution in [2.24, 2.45) is 5.92 Å². The molecule has 0 bridgehead atoms. The van der Waals surface area contributed by atoms with Crippen molar-refractivity contribution >= 4 is 28.5 Å². The number of nitrogens with one attached hydrogen (secondary N) is 2. The molecule has 0 unspecified atom stereocenters. The number of aromatic amines is 1. The third kappa shape index (κ3) is 3.56. The van der Waals surface area contributed by atoms with Crippen LogP contribution in [0.3, 0.4) is 0 Å². The molecule has 0 saturated carbocycles. The lowest BCUT2D eigenvalue weighted by atomic mass is 10.0. The number of imidazole rings is 1. The Kier molecular flexibility index (Phi) is 4.85. The zero-order valence-corrected chi connectivity index (χ0v) is 15.9. The molecule has 0 fully saturated rings. The molecule has 0 aliphatic carbocycles. The maximum atomic E-state index is 12.8. The molecule has 1 amide bonds. The van der Waals surface area contributed by atoms with Crippen LogP contribution < -0.4 is 5.32 Å². The van der Waals surface area contributed by atoms with E-state index in [9.17, 15) is 4.79 Å². The fourth-order valence-electron chi connectivity index (χ4n) is 2.78. The predicted octanol–water partition coefficient (Wildman–Crippen LogP) is 3.97. The molecule has 2 heterocycles. The number of amides is 1. The van der Waals surface area contributed by atoms with Crippen LogP contribution in [0.4, 0.5) is 0 Å². The maximum Gasteiger partial charge on any atom is 0.265 e. The van der Waals surface area contributed by atoms with Crippen molar-refractivity contribution in [2.75, 3.05) is 0 Å². The molecule has 6 nitrogen and oxygen atoms in total. The number of aromatic nitrogens is 4. The van der Waals surface area contributed by atoms with Gasteiger partial charge in [0.1, 0.15) is 10.7 Å². The van der Waals surface area contributed by atoms with E-state index in [4.69, 9.17) is 0 Å². The number of hydrogen-bond acceptors (Lipinski definition) is 5. The van der Waals surface area contributed by atoms with Gasteiger partial charge in [0.15, 0.2) is 0 Å².